The summed E-state index contributed by atoms with van der Waals surface area (Å²) in [6, 6.07) is 17.1. The van der Waals surface area contributed by atoms with Crippen molar-refractivity contribution in [2.75, 3.05) is 18.5 Å². The number of ether oxygens (including phenoxy) is 1. The molecule has 0 radical (unpaired) electrons. The van der Waals surface area contributed by atoms with E-state index in [9.17, 15) is 19.2 Å². The van der Waals surface area contributed by atoms with Crippen molar-refractivity contribution in [2.24, 2.45) is 11.8 Å². The largest absolute Gasteiger partial charge is 0.454 e. The molecular weight excluding hydrogens is 428 g/mol. The number of nitrogens with zero attached hydrogens (tertiary/aromatic N) is 1. The molecule has 2 aromatic rings. The van der Waals surface area contributed by atoms with Crippen LogP contribution in [0.4, 0.5) is 5.69 Å². The van der Waals surface area contributed by atoms with Crippen LogP contribution in [0.25, 0.3) is 0 Å². The van der Waals surface area contributed by atoms with Gasteiger partial charge < -0.3 is 10.1 Å². The molecule has 1 N–H and O–H groups in total. The molecule has 1 saturated heterocycles. The van der Waals surface area contributed by atoms with Crippen LogP contribution < -0.4 is 5.32 Å². The summed E-state index contributed by atoms with van der Waals surface area (Å²) in [6.45, 7) is -0.940. The van der Waals surface area contributed by atoms with E-state index in [1.165, 1.54) is 11.8 Å². The second-order valence-electron chi connectivity index (χ2n) is 7.88. The van der Waals surface area contributed by atoms with E-state index >= 15 is 0 Å². The van der Waals surface area contributed by atoms with Crippen LogP contribution in [0, 0.1) is 11.8 Å². The van der Waals surface area contributed by atoms with Gasteiger partial charge in [-0.15, -0.1) is 0 Å². The minimum absolute atomic E-state index is 0.298. The van der Waals surface area contributed by atoms with Crippen molar-refractivity contribution in [1.29, 1.82) is 0 Å². The number of para-hydroxylation sites is 1. The van der Waals surface area contributed by atoms with E-state index in [1.807, 2.05) is 42.5 Å². The van der Waals surface area contributed by atoms with Crippen LogP contribution in [0.5, 0.6) is 0 Å². The number of anilines is 1. The third kappa shape index (κ3) is 5.02. The molecule has 3 amide bonds. The zero-order valence-electron chi connectivity index (χ0n) is 17.5. The van der Waals surface area contributed by atoms with E-state index < -0.39 is 25.0 Å². The van der Waals surface area contributed by atoms with Gasteiger partial charge in [0.2, 0.25) is 11.8 Å². The second kappa shape index (κ2) is 9.99. The smallest absolute Gasteiger partial charge is 0.326 e. The molecule has 8 heteroatoms. The molecule has 1 aliphatic carbocycles. The third-order valence-electron chi connectivity index (χ3n) is 5.72. The number of carbonyl (C=O) groups is 4. The number of nitrogens with one attached hydrogen (secondary N) is 1. The Hall–Kier alpha value is -3.13. The molecule has 1 aliphatic heterocycles. The highest BCUT2D eigenvalue weighted by atomic mass is 32.2. The molecule has 4 rings (SSSR count). The zero-order chi connectivity index (χ0) is 22.5. The first-order chi connectivity index (χ1) is 15.5. The summed E-state index contributed by atoms with van der Waals surface area (Å²) in [5.41, 5.74) is 0.608. The summed E-state index contributed by atoms with van der Waals surface area (Å²) in [7, 11) is 0. The minimum Gasteiger partial charge on any atom is -0.454 e. The van der Waals surface area contributed by atoms with Gasteiger partial charge in [0.25, 0.3) is 5.91 Å². The molecule has 2 fully saturated rings. The molecule has 0 aromatic heterocycles. The number of rotatable bonds is 7. The summed E-state index contributed by atoms with van der Waals surface area (Å²) in [5, 5.41) is 2.75. The van der Waals surface area contributed by atoms with Gasteiger partial charge in [-0.1, -0.05) is 54.9 Å². The molecule has 0 unspecified atom stereocenters. The molecule has 0 spiro atoms. The van der Waals surface area contributed by atoms with Gasteiger partial charge in [0.05, 0.1) is 17.5 Å². The van der Waals surface area contributed by atoms with Crippen LogP contribution in [0.1, 0.15) is 25.7 Å². The fraction of sp³-hybridized carbons (Fsp3) is 0.333. The molecule has 32 heavy (non-hydrogen) atoms. The molecule has 166 valence electrons. The van der Waals surface area contributed by atoms with Crippen LogP contribution in [0.2, 0.25) is 0 Å². The Bertz CT molecular complexity index is 1000. The van der Waals surface area contributed by atoms with Crippen molar-refractivity contribution in [3.63, 3.8) is 0 Å². The fourth-order valence-electron chi connectivity index (χ4n) is 4.17. The van der Waals surface area contributed by atoms with Gasteiger partial charge in [-0.25, -0.2) is 0 Å². The normalized spacial score (nSPS) is 20.1. The van der Waals surface area contributed by atoms with Crippen LogP contribution in [-0.2, 0) is 23.9 Å². The Labute approximate surface area is 190 Å². The van der Waals surface area contributed by atoms with Gasteiger partial charge in [0.1, 0.15) is 6.54 Å². The Morgan fingerprint density at radius 1 is 0.938 bits per heavy atom. The number of esters is 1. The number of hydrogen-bond acceptors (Lipinski definition) is 6. The Balaban J connectivity index is 1.30. The van der Waals surface area contributed by atoms with Crippen molar-refractivity contribution in [3.05, 3.63) is 54.6 Å². The maximum Gasteiger partial charge on any atom is 0.326 e. The van der Waals surface area contributed by atoms with Gasteiger partial charge >= 0.3 is 5.97 Å². The first-order valence-electron chi connectivity index (χ1n) is 10.7. The number of likely N-dealkylation sites (tertiary alicyclic amines) is 1. The van der Waals surface area contributed by atoms with Crippen LogP contribution in [-0.4, -0.2) is 41.7 Å². The quantitative estimate of drug-likeness (QED) is 0.511. The van der Waals surface area contributed by atoms with Crippen molar-refractivity contribution in [2.45, 2.75) is 35.5 Å². The molecule has 1 heterocycles. The molecule has 2 aliphatic rings. The summed E-state index contributed by atoms with van der Waals surface area (Å²) in [6.07, 6.45) is 3.21. The van der Waals surface area contributed by atoms with E-state index in [4.69, 9.17) is 4.74 Å². The van der Waals surface area contributed by atoms with Crippen molar-refractivity contribution in [1.82, 2.24) is 4.90 Å². The first-order valence-corrected chi connectivity index (χ1v) is 11.5. The lowest BCUT2D eigenvalue weighted by Crippen LogP contribution is -2.37. The molecule has 0 bridgehead atoms. The highest BCUT2D eigenvalue weighted by molar-refractivity contribution is 7.99. The van der Waals surface area contributed by atoms with Crippen LogP contribution >= 0.6 is 11.8 Å². The fourth-order valence-corrected chi connectivity index (χ4v) is 5.09. The molecule has 2 aromatic carbocycles. The Morgan fingerprint density at radius 3 is 2.25 bits per heavy atom. The summed E-state index contributed by atoms with van der Waals surface area (Å²) in [5.74, 6) is -2.49. The predicted molar refractivity (Wildman–Crippen MR) is 119 cm³/mol. The maximum absolute atomic E-state index is 12.5. The van der Waals surface area contributed by atoms with Gasteiger partial charge in [0.15, 0.2) is 6.61 Å². The van der Waals surface area contributed by atoms with E-state index in [1.54, 1.807) is 12.1 Å². The number of fused-ring (bicyclic) bond motifs is 1. The lowest BCUT2D eigenvalue weighted by molar-refractivity contribution is -0.154. The maximum atomic E-state index is 12.5. The van der Waals surface area contributed by atoms with Gasteiger partial charge in [-0.3, -0.25) is 24.1 Å². The lowest BCUT2D eigenvalue weighted by Gasteiger charge is -2.19. The molecule has 1 saturated carbocycles. The molecule has 2 atom stereocenters. The van der Waals surface area contributed by atoms with E-state index in [2.05, 4.69) is 5.32 Å². The SMILES string of the molecule is O=C(COC(=O)CN1C(=O)[C@H]2CCCC[C@H]2C1=O)Nc1ccccc1Sc1ccccc1. The third-order valence-corrected chi connectivity index (χ3v) is 6.80. The molecule has 7 nitrogen and oxygen atoms in total. The number of hydrogen-bond donors (Lipinski definition) is 1. The number of amides is 3. The summed E-state index contributed by atoms with van der Waals surface area (Å²) >= 11 is 1.51. The van der Waals surface area contributed by atoms with E-state index in [-0.39, 0.29) is 23.7 Å². The average Bonchev–Trinajstić information content (AvgIpc) is 3.05. The highest BCUT2D eigenvalue weighted by Crippen LogP contribution is 2.38. The van der Waals surface area contributed by atoms with Gasteiger partial charge in [0, 0.05) is 9.79 Å². The van der Waals surface area contributed by atoms with Crippen LogP contribution in [0.15, 0.2) is 64.4 Å². The first kappa shape index (κ1) is 22.1. The number of benzene rings is 2. The van der Waals surface area contributed by atoms with Crippen LogP contribution in [0.3, 0.4) is 0 Å². The van der Waals surface area contributed by atoms with Crippen molar-refractivity contribution in [3.8, 4) is 0 Å². The Kier molecular flexibility index (Phi) is 6.90. The number of imide groups is 1. The van der Waals surface area contributed by atoms with Gasteiger partial charge in [-0.05, 0) is 37.1 Å². The minimum atomic E-state index is -0.771. The monoisotopic (exact) mass is 452 g/mol. The van der Waals surface area contributed by atoms with E-state index in [0.29, 0.717) is 18.5 Å². The highest BCUT2D eigenvalue weighted by Gasteiger charge is 2.48. The predicted octanol–water partition coefficient (Wildman–Crippen LogP) is 3.49. The van der Waals surface area contributed by atoms with E-state index in [0.717, 1.165) is 27.5 Å². The topological polar surface area (TPSA) is 92.8 Å². The lowest BCUT2D eigenvalue weighted by atomic mass is 9.81. The van der Waals surface area contributed by atoms with Gasteiger partial charge in [-0.2, -0.15) is 0 Å². The standard InChI is InChI=1S/C24H24N2O5S/c27-21(25-19-12-6-7-13-20(19)32-16-8-2-1-3-9-16)15-31-22(28)14-26-23(29)17-10-4-5-11-18(17)24(26)30/h1-3,6-9,12-13,17-18H,4-5,10-11,14-15H2,(H,25,27)/t17-,18+. The average molecular weight is 453 g/mol. The summed E-state index contributed by atoms with van der Waals surface area (Å²) in [4.78, 5) is 52.4. The summed E-state index contributed by atoms with van der Waals surface area (Å²) < 4.78 is 5.04. The van der Waals surface area contributed by atoms with Crippen molar-refractivity contribution >= 4 is 41.1 Å². The molecular formula is C24H24N2O5S. The zero-order valence-corrected chi connectivity index (χ0v) is 18.3. The van der Waals surface area contributed by atoms with Crippen molar-refractivity contribution < 1.29 is 23.9 Å². The second-order valence-corrected chi connectivity index (χ2v) is 9.00. The number of carbonyl (C=O) groups excluding carboxylic acids is 4. The Morgan fingerprint density at radius 2 is 1.56 bits per heavy atom.